The Kier molecular flexibility index (Phi) is 24.6. The molecule has 9 aromatic carbocycles. The van der Waals surface area contributed by atoms with Gasteiger partial charge in [0.05, 0.1) is 69.9 Å². The molecule has 3 aliphatic rings. The van der Waals surface area contributed by atoms with Crippen molar-refractivity contribution >= 4 is 53.7 Å². The molecule has 3 aliphatic heterocycles. The summed E-state index contributed by atoms with van der Waals surface area (Å²) in [6.07, 6.45) is -29.4. The molecule has 3 fully saturated rings. The van der Waals surface area contributed by atoms with Gasteiger partial charge < -0.3 is 76.5 Å². The number of aliphatic hydroxyl groups is 2. The van der Waals surface area contributed by atoms with Gasteiger partial charge in [0.2, 0.25) is 0 Å². The number of ether oxygens (including phenoxy) is 14. The molecule has 0 bridgehead atoms. The summed E-state index contributed by atoms with van der Waals surface area (Å²) < 4.78 is 88.7. The van der Waals surface area contributed by atoms with Crippen molar-refractivity contribution in [3.8, 4) is 0 Å². The minimum Gasteiger partial charge on any atom is -0.452 e. The summed E-state index contributed by atoms with van der Waals surface area (Å²) in [7, 11) is 0. The molecule has 542 valence electrons. The van der Waals surface area contributed by atoms with Crippen molar-refractivity contribution < 1.29 is 120 Å². The highest BCUT2D eigenvalue weighted by Gasteiger charge is 2.58. The average molecular weight is 1440 g/mol. The number of rotatable bonds is 25. The van der Waals surface area contributed by atoms with Crippen LogP contribution in [0.4, 0.5) is 0 Å². The van der Waals surface area contributed by atoms with Gasteiger partial charge in [-0.15, -0.1) is 0 Å². The monoisotopic (exact) mass is 1440 g/mol. The van der Waals surface area contributed by atoms with E-state index in [0.717, 1.165) is 0 Å². The highest BCUT2D eigenvalue weighted by molar-refractivity contribution is 5.94. The van der Waals surface area contributed by atoms with E-state index in [4.69, 9.17) is 66.3 Å². The van der Waals surface area contributed by atoms with Gasteiger partial charge in [-0.1, -0.05) is 164 Å². The van der Waals surface area contributed by atoms with Crippen LogP contribution in [0.2, 0.25) is 0 Å². The van der Waals surface area contributed by atoms with Crippen molar-refractivity contribution in [3.05, 3.63) is 323 Å². The number of benzene rings is 9. The van der Waals surface area contributed by atoms with Crippen LogP contribution in [-0.4, -0.2) is 176 Å². The van der Waals surface area contributed by atoms with E-state index >= 15 is 0 Å². The Balaban J connectivity index is 0.968. The van der Waals surface area contributed by atoms with E-state index in [9.17, 15) is 53.4 Å². The first kappa shape index (κ1) is 73.7. The Morgan fingerprint density at radius 2 is 0.415 bits per heavy atom. The van der Waals surface area contributed by atoms with Crippen LogP contribution >= 0.6 is 0 Å². The zero-order valence-corrected chi connectivity index (χ0v) is 56.0. The largest absolute Gasteiger partial charge is 0.452 e. The zero-order valence-electron chi connectivity index (χ0n) is 56.0. The van der Waals surface area contributed by atoms with Crippen molar-refractivity contribution in [3.63, 3.8) is 0 Å². The van der Waals surface area contributed by atoms with Crippen LogP contribution in [0, 0.1) is 0 Å². The summed E-state index contributed by atoms with van der Waals surface area (Å²) in [4.78, 5) is 130. The number of esters is 9. The number of carbonyl (C=O) groups excluding carboxylic acids is 9. The Morgan fingerprint density at radius 1 is 0.236 bits per heavy atom. The van der Waals surface area contributed by atoms with E-state index in [1.807, 2.05) is 0 Å². The molecule has 2 N–H and O–H groups in total. The molecule has 15 atom stereocenters. The first-order chi connectivity index (χ1) is 51.7. The third-order valence-corrected chi connectivity index (χ3v) is 17.1. The fourth-order valence-electron chi connectivity index (χ4n) is 11.8. The molecular formula is C81H68O25. The maximum absolute atomic E-state index is 14.9. The van der Waals surface area contributed by atoms with E-state index in [1.165, 1.54) is 146 Å². The van der Waals surface area contributed by atoms with E-state index < -0.39 is 166 Å². The summed E-state index contributed by atoms with van der Waals surface area (Å²) in [5, 5.41) is 23.5. The average Bonchev–Trinajstić information content (AvgIpc) is 0.782. The van der Waals surface area contributed by atoms with Crippen molar-refractivity contribution in [2.75, 3.05) is 19.8 Å². The molecule has 9 aromatic rings. The van der Waals surface area contributed by atoms with Crippen molar-refractivity contribution in [2.24, 2.45) is 0 Å². The number of hydrogen-bond acceptors (Lipinski definition) is 25. The highest BCUT2D eigenvalue weighted by atomic mass is 16.8. The van der Waals surface area contributed by atoms with Gasteiger partial charge in [-0.25, -0.2) is 43.2 Å². The summed E-state index contributed by atoms with van der Waals surface area (Å²) in [6, 6.07) is 68.0. The van der Waals surface area contributed by atoms with Crippen LogP contribution in [0.3, 0.4) is 0 Å². The molecule has 0 radical (unpaired) electrons. The Hall–Kier alpha value is -12.1. The number of hydrogen-bond donors (Lipinski definition) is 2. The van der Waals surface area contributed by atoms with E-state index in [1.54, 1.807) is 127 Å². The first-order valence-electron chi connectivity index (χ1n) is 33.5. The van der Waals surface area contributed by atoms with Crippen LogP contribution in [0.25, 0.3) is 0 Å². The molecule has 12 rings (SSSR count). The molecule has 0 saturated carbocycles. The maximum Gasteiger partial charge on any atom is 0.338 e. The van der Waals surface area contributed by atoms with Crippen molar-refractivity contribution in [1.29, 1.82) is 0 Å². The predicted molar refractivity (Wildman–Crippen MR) is 368 cm³/mol. The summed E-state index contributed by atoms with van der Waals surface area (Å²) in [6.45, 7) is -2.89. The Labute approximate surface area is 605 Å². The lowest BCUT2D eigenvalue weighted by Crippen LogP contribution is -2.66. The maximum atomic E-state index is 14.9. The quantitative estimate of drug-likeness (QED) is 0.0397. The Morgan fingerprint density at radius 3 is 0.651 bits per heavy atom. The second kappa shape index (κ2) is 35.4. The molecule has 3 heterocycles. The Bertz CT molecular complexity index is 4430. The lowest BCUT2D eigenvalue weighted by molar-refractivity contribution is -0.337. The van der Waals surface area contributed by atoms with Gasteiger partial charge in [0.15, 0.2) is 73.8 Å². The second-order valence-corrected chi connectivity index (χ2v) is 24.1. The molecule has 25 heteroatoms. The molecule has 1 unspecified atom stereocenters. The molecule has 0 aromatic heterocycles. The summed E-state index contributed by atoms with van der Waals surface area (Å²) in [5.41, 5.74) is -0.271. The van der Waals surface area contributed by atoms with Crippen molar-refractivity contribution in [1.82, 2.24) is 0 Å². The summed E-state index contributed by atoms with van der Waals surface area (Å²) in [5.74, 6) is -9.41. The second-order valence-electron chi connectivity index (χ2n) is 24.1. The first-order valence-corrected chi connectivity index (χ1v) is 33.5. The third kappa shape index (κ3) is 18.3. The van der Waals surface area contributed by atoms with Gasteiger partial charge in [-0.3, -0.25) is 0 Å². The van der Waals surface area contributed by atoms with Gasteiger partial charge in [-0.2, -0.15) is 0 Å². The lowest BCUT2D eigenvalue weighted by atomic mass is 9.96. The smallest absolute Gasteiger partial charge is 0.338 e. The topological polar surface area (TPSA) is 323 Å². The van der Waals surface area contributed by atoms with E-state index in [-0.39, 0.29) is 50.1 Å². The van der Waals surface area contributed by atoms with Crippen LogP contribution < -0.4 is 0 Å². The van der Waals surface area contributed by atoms with Gasteiger partial charge in [0, 0.05) is 0 Å². The fraction of sp³-hybridized carbons (Fsp3) is 0.222. The summed E-state index contributed by atoms with van der Waals surface area (Å²) >= 11 is 0. The highest BCUT2D eigenvalue weighted by Crippen LogP contribution is 2.37. The minimum absolute atomic E-state index is 0.00250. The molecule has 0 aliphatic carbocycles. The fourth-order valence-corrected chi connectivity index (χ4v) is 11.8. The molecular weight excluding hydrogens is 1370 g/mol. The van der Waals surface area contributed by atoms with Crippen LogP contribution in [0.15, 0.2) is 273 Å². The molecule has 25 nitrogen and oxygen atoms in total. The van der Waals surface area contributed by atoms with Crippen LogP contribution in [0.1, 0.15) is 93.2 Å². The number of carbonyl (C=O) groups is 9. The van der Waals surface area contributed by atoms with Crippen molar-refractivity contribution in [2.45, 2.75) is 92.1 Å². The van der Waals surface area contributed by atoms with Gasteiger partial charge in [0.1, 0.15) is 18.3 Å². The lowest BCUT2D eigenvalue weighted by Gasteiger charge is -2.47. The van der Waals surface area contributed by atoms with Crippen LogP contribution in [-0.2, 0) is 66.3 Å². The number of aliphatic hydroxyl groups excluding tert-OH is 2. The van der Waals surface area contributed by atoms with Gasteiger partial charge >= 0.3 is 53.7 Å². The van der Waals surface area contributed by atoms with E-state index in [0.29, 0.717) is 0 Å². The SMILES string of the molecule is O=C(OC1[C@@H](CO[C@@H]2O[C@@H](CO)[C@H](OC(=O)c3ccccc3)[C@H](OC(=O)c3ccccc3)[C@@H]2OC(=O)c2ccccc2)O[C@@H](OC[C@H]2O[C@H](O)[C@@H](OC(=O)c3ccccc3)[C@H](OC(=O)c3ccccc3)[C@H]2OC(=O)c2ccccc2)[C@H](OC(=O)c2ccccc2)[C@H]1OC(=O)c1ccccc1)c1ccccc1. The van der Waals surface area contributed by atoms with Crippen LogP contribution in [0.5, 0.6) is 0 Å². The third-order valence-electron chi connectivity index (χ3n) is 17.1. The normalized spacial score (nSPS) is 23.9. The standard InChI is InChI=1S/C81H68O25/c82-46-58-61(98-70(83)49-28-10-1-11-29-49)65(102-74(87)53-36-18-5-19-37-53)68(105-77(90)56-42-24-8-25-43-56)80(96-58)94-48-60-63(100-72(85)51-32-14-3-15-33-51)66(103-75(88)54-38-20-6-21-39-54)69(106-78(91)57-44-26-9-27-45-57)81(97-60)93-47-59-62(99-71(84)50-30-12-2-13-31-50)64(101-73(86)52-34-16-4-17-35-52)67(79(92)95-59)104-76(89)55-40-22-7-23-41-55/h1-45,58-69,79-82,92H,46-48H2/t58-,59+,60+,61-,62-,63?,64+,65-,66-,67-,68-,69+,79-,80+,81+/m0/s1. The zero-order chi connectivity index (χ0) is 73.9. The molecule has 0 amide bonds. The molecule has 0 spiro atoms. The molecule has 106 heavy (non-hydrogen) atoms. The van der Waals surface area contributed by atoms with Gasteiger partial charge in [-0.05, 0) is 109 Å². The predicted octanol–water partition coefficient (Wildman–Crippen LogP) is 9.21. The molecule has 3 saturated heterocycles. The van der Waals surface area contributed by atoms with E-state index in [2.05, 4.69) is 0 Å². The van der Waals surface area contributed by atoms with Gasteiger partial charge in [0.25, 0.3) is 0 Å². The minimum atomic E-state index is -2.23.